The molecule has 0 bridgehead atoms. The summed E-state index contributed by atoms with van der Waals surface area (Å²) in [7, 11) is 0. The molecule has 2 aliphatic rings. The number of ether oxygens (including phenoxy) is 3. The van der Waals surface area contributed by atoms with Crippen LogP contribution in [-0.2, 0) is 0 Å². The Balaban J connectivity index is 1.05. The fourth-order valence-electron chi connectivity index (χ4n) is 5.28. The zero-order chi connectivity index (χ0) is 29.6. The second-order valence-electron chi connectivity index (χ2n) is 11.0. The maximum atomic E-state index is 13.0. The van der Waals surface area contributed by atoms with Crippen LogP contribution in [-0.4, -0.2) is 47.7 Å². The summed E-state index contributed by atoms with van der Waals surface area (Å²) < 4.78 is 17.6. The number of hydrogen-bond acceptors (Lipinski definition) is 7. The van der Waals surface area contributed by atoms with Gasteiger partial charge in [0.05, 0.1) is 41.5 Å². The summed E-state index contributed by atoms with van der Waals surface area (Å²) in [5.74, 6) is 1.99. The fourth-order valence-corrected chi connectivity index (χ4v) is 5.28. The lowest BCUT2D eigenvalue weighted by Crippen LogP contribution is -2.35. The number of unbranched alkanes of at least 4 members (excludes halogenated alkanes) is 3. The zero-order valence-corrected chi connectivity index (χ0v) is 24.4. The van der Waals surface area contributed by atoms with Gasteiger partial charge in [0.1, 0.15) is 17.2 Å². The van der Waals surface area contributed by atoms with Crippen molar-refractivity contribution in [2.75, 3.05) is 19.8 Å². The van der Waals surface area contributed by atoms with E-state index in [9.17, 15) is 14.9 Å². The summed E-state index contributed by atoms with van der Waals surface area (Å²) in [6, 6.07) is 14.1. The number of amides is 1. The van der Waals surface area contributed by atoms with Crippen molar-refractivity contribution in [2.24, 2.45) is 4.99 Å². The molecule has 0 N–H and O–H groups in total. The molecule has 0 unspecified atom stereocenters. The Bertz CT molecular complexity index is 1500. The molecule has 5 rings (SSSR count). The van der Waals surface area contributed by atoms with E-state index < -0.39 is 4.92 Å². The SMILES string of the molecule is Cc1ccc(Oc2ccc(OCCCCCCOc3cc4c(cc3C)C(=O)N3CCC[C@H]3C=N4)cc2[N+](=O)[O-])cc1C. The van der Waals surface area contributed by atoms with Crippen LogP contribution in [0.25, 0.3) is 0 Å². The average Bonchev–Trinajstić information content (AvgIpc) is 3.40. The Morgan fingerprint density at radius 3 is 2.40 bits per heavy atom. The zero-order valence-electron chi connectivity index (χ0n) is 24.4. The van der Waals surface area contributed by atoms with Gasteiger partial charge in [-0.3, -0.25) is 19.9 Å². The van der Waals surface area contributed by atoms with Gasteiger partial charge in [-0.05, 0) is 106 Å². The normalized spacial score (nSPS) is 15.6. The highest BCUT2D eigenvalue weighted by Gasteiger charge is 2.32. The van der Waals surface area contributed by atoms with Crippen molar-refractivity contribution in [3.63, 3.8) is 0 Å². The van der Waals surface area contributed by atoms with Crippen LogP contribution < -0.4 is 14.2 Å². The lowest BCUT2D eigenvalue weighted by atomic mass is 10.1. The second kappa shape index (κ2) is 13.1. The van der Waals surface area contributed by atoms with Gasteiger partial charge in [0.15, 0.2) is 0 Å². The fraction of sp³-hybridized carbons (Fsp3) is 0.394. The van der Waals surface area contributed by atoms with Gasteiger partial charge in [0.2, 0.25) is 5.75 Å². The largest absolute Gasteiger partial charge is 0.493 e. The van der Waals surface area contributed by atoms with E-state index in [1.165, 1.54) is 6.07 Å². The van der Waals surface area contributed by atoms with Crippen LogP contribution in [0.2, 0.25) is 0 Å². The molecule has 3 aromatic carbocycles. The van der Waals surface area contributed by atoms with E-state index in [0.717, 1.165) is 67.5 Å². The topological polar surface area (TPSA) is 104 Å². The van der Waals surface area contributed by atoms with Crippen molar-refractivity contribution in [3.8, 4) is 23.0 Å². The van der Waals surface area contributed by atoms with Crippen molar-refractivity contribution >= 4 is 23.5 Å². The summed E-state index contributed by atoms with van der Waals surface area (Å²) in [5.41, 5.74) is 4.31. The molecule has 42 heavy (non-hydrogen) atoms. The van der Waals surface area contributed by atoms with Crippen LogP contribution in [0.3, 0.4) is 0 Å². The molecular formula is C33H37N3O6. The first kappa shape index (κ1) is 29.1. The molecule has 2 heterocycles. The molecule has 9 heteroatoms. The number of carbonyl (C=O) groups is 1. The number of carbonyl (C=O) groups excluding carboxylic acids is 1. The van der Waals surface area contributed by atoms with Crippen LogP contribution in [0, 0.1) is 30.9 Å². The van der Waals surface area contributed by atoms with E-state index in [4.69, 9.17) is 14.2 Å². The first-order valence-corrected chi connectivity index (χ1v) is 14.6. The lowest BCUT2D eigenvalue weighted by Gasteiger charge is -2.20. The molecule has 1 saturated heterocycles. The van der Waals surface area contributed by atoms with E-state index >= 15 is 0 Å². The van der Waals surface area contributed by atoms with Crippen LogP contribution in [0.5, 0.6) is 23.0 Å². The van der Waals surface area contributed by atoms with Gasteiger partial charge < -0.3 is 19.1 Å². The number of hydrogen-bond donors (Lipinski definition) is 0. The van der Waals surface area contributed by atoms with Gasteiger partial charge >= 0.3 is 5.69 Å². The van der Waals surface area contributed by atoms with Crippen molar-refractivity contribution in [1.29, 1.82) is 0 Å². The Morgan fingerprint density at radius 2 is 1.64 bits per heavy atom. The molecule has 1 atom stereocenters. The summed E-state index contributed by atoms with van der Waals surface area (Å²) in [6.07, 6.45) is 7.48. The Hall–Kier alpha value is -4.40. The van der Waals surface area contributed by atoms with Gasteiger partial charge in [0.25, 0.3) is 5.91 Å². The number of aryl methyl sites for hydroxylation is 3. The first-order chi connectivity index (χ1) is 20.3. The van der Waals surface area contributed by atoms with Gasteiger partial charge in [-0.15, -0.1) is 0 Å². The molecule has 0 saturated carbocycles. The molecule has 9 nitrogen and oxygen atoms in total. The van der Waals surface area contributed by atoms with E-state index in [-0.39, 0.29) is 23.4 Å². The van der Waals surface area contributed by atoms with E-state index in [1.54, 1.807) is 18.2 Å². The highest BCUT2D eigenvalue weighted by Crippen LogP contribution is 2.36. The molecule has 3 aromatic rings. The predicted octanol–water partition coefficient (Wildman–Crippen LogP) is 7.65. The summed E-state index contributed by atoms with van der Waals surface area (Å²) in [5, 5.41) is 11.7. The van der Waals surface area contributed by atoms with Crippen LogP contribution in [0.4, 0.5) is 11.4 Å². The second-order valence-corrected chi connectivity index (χ2v) is 11.0. The summed E-state index contributed by atoms with van der Waals surface area (Å²) in [6.45, 7) is 7.75. The van der Waals surface area contributed by atoms with E-state index in [0.29, 0.717) is 36.0 Å². The molecule has 220 valence electrons. The summed E-state index contributed by atoms with van der Waals surface area (Å²) >= 11 is 0. The minimum atomic E-state index is -0.456. The van der Waals surface area contributed by atoms with Gasteiger partial charge in [-0.1, -0.05) is 6.07 Å². The molecular weight excluding hydrogens is 534 g/mol. The maximum Gasteiger partial charge on any atom is 0.315 e. The molecule has 1 fully saturated rings. The number of nitro benzene ring substituents is 1. The van der Waals surface area contributed by atoms with E-state index in [1.807, 2.05) is 56.2 Å². The molecule has 0 radical (unpaired) electrons. The lowest BCUT2D eigenvalue weighted by molar-refractivity contribution is -0.385. The van der Waals surface area contributed by atoms with Gasteiger partial charge in [-0.2, -0.15) is 0 Å². The first-order valence-electron chi connectivity index (χ1n) is 14.6. The summed E-state index contributed by atoms with van der Waals surface area (Å²) in [4.78, 5) is 30.7. The van der Waals surface area contributed by atoms with Crippen molar-refractivity contribution in [3.05, 3.63) is 80.9 Å². The molecule has 2 aliphatic heterocycles. The maximum absolute atomic E-state index is 13.0. The number of aliphatic imine (C=N–C) groups is 1. The minimum absolute atomic E-state index is 0.0538. The Kier molecular flexibility index (Phi) is 9.05. The molecule has 0 aromatic heterocycles. The Morgan fingerprint density at radius 1 is 0.881 bits per heavy atom. The number of benzene rings is 3. The van der Waals surface area contributed by atoms with Crippen LogP contribution in [0.1, 0.15) is 65.6 Å². The monoisotopic (exact) mass is 571 g/mol. The molecule has 0 spiro atoms. The van der Waals surface area contributed by atoms with Crippen molar-refractivity contribution in [2.45, 2.75) is 65.3 Å². The average molecular weight is 572 g/mol. The number of rotatable bonds is 12. The Labute approximate surface area is 246 Å². The smallest absolute Gasteiger partial charge is 0.315 e. The third kappa shape index (κ3) is 6.73. The minimum Gasteiger partial charge on any atom is -0.493 e. The van der Waals surface area contributed by atoms with Crippen LogP contribution >= 0.6 is 0 Å². The van der Waals surface area contributed by atoms with E-state index in [2.05, 4.69) is 4.99 Å². The third-order valence-corrected chi connectivity index (χ3v) is 7.87. The van der Waals surface area contributed by atoms with Crippen molar-refractivity contribution < 1.29 is 23.9 Å². The highest BCUT2D eigenvalue weighted by molar-refractivity contribution is 6.03. The number of nitrogens with zero attached hydrogens (tertiary/aromatic N) is 3. The predicted molar refractivity (Wildman–Crippen MR) is 162 cm³/mol. The highest BCUT2D eigenvalue weighted by atomic mass is 16.6. The standard InChI is InChI=1S/C33H37N3O6/c1-22-10-11-27(17-23(22)2)42-31-13-12-26(19-30(31)36(38)39)40-15-6-4-5-7-16-41-32-20-29-28(18-24(32)3)33(37)35-14-8-9-25(35)21-34-29/h10-13,17-21,25H,4-9,14-16H2,1-3H3/t25-/m0/s1. The van der Waals surface area contributed by atoms with Crippen molar-refractivity contribution in [1.82, 2.24) is 4.90 Å². The molecule has 1 amide bonds. The molecule has 0 aliphatic carbocycles. The number of fused-ring (bicyclic) bond motifs is 2. The quantitative estimate of drug-likeness (QED) is 0.126. The van der Waals surface area contributed by atoms with Gasteiger partial charge in [-0.25, -0.2) is 0 Å². The third-order valence-electron chi connectivity index (χ3n) is 7.87. The number of nitro groups is 1. The van der Waals surface area contributed by atoms with Gasteiger partial charge in [0, 0.05) is 18.8 Å². The van der Waals surface area contributed by atoms with Crippen LogP contribution in [0.15, 0.2) is 53.5 Å².